The van der Waals surface area contributed by atoms with Crippen molar-refractivity contribution < 1.29 is 0 Å². The molecular formula is C14H22Si. The van der Waals surface area contributed by atoms with Gasteiger partial charge in [0, 0.05) is 0 Å². The summed E-state index contributed by atoms with van der Waals surface area (Å²) < 4.78 is 0. The quantitative estimate of drug-likeness (QED) is 0.519. The molecule has 0 aliphatic heterocycles. The molecule has 0 radical (unpaired) electrons. The van der Waals surface area contributed by atoms with Crippen molar-refractivity contribution in [2.75, 3.05) is 0 Å². The Hall–Kier alpha value is -0.823. The molecule has 82 valence electrons. The summed E-state index contributed by atoms with van der Waals surface area (Å²) in [5.74, 6) is 0. The maximum atomic E-state index is 2.47. The van der Waals surface area contributed by atoms with Gasteiger partial charge in [-0.3, -0.25) is 0 Å². The summed E-state index contributed by atoms with van der Waals surface area (Å²) in [6.45, 7) is 7.06. The van der Waals surface area contributed by atoms with Gasteiger partial charge in [-0.05, 0) is 6.42 Å². The molecule has 0 fully saturated rings. The van der Waals surface area contributed by atoms with E-state index in [1.807, 2.05) is 0 Å². The number of hydrogen-bond acceptors (Lipinski definition) is 0. The number of hydrogen-bond donors (Lipinski definition) is 0. The van der Waals surface area contributed by atoms with E-state index in [1.165, 1.54) is 24.4 Å². The highest BCUT2D eigenvalue weighted by Crippen LogP contribution is 2.06. The highest BCUT2D eigenvalue weighted by Gasteiger charge is 2.18. The molecule has 0 unspecified atom stereocenters. The smallest absolute Gasteiger partial charge is 0.0943 e. The molecule has 0 aliphatic carbocycles. The van der Waals surface area contributed by atoms with E-state index >= 15 is 0 Å². The Morgan fingerprint density at radius 2 is 1.80 bits per heavy atom. The van der Waals surface area contributed by atoms with Crippen LogP contribution in [0.1, 0.15) is 26.2 Å². The maximum Gasteiger partial charge on any atom is 0.103 e. The zero-order valence-electron chi connectivity index (χ0n) is 10.2. The van der Waals surface area contributed by atoms with Gasteiger partial charge in [-0.2, -0.15) is 0 Å². The molecule has 1 rings (SSSR count). The minimum atomic E-state index is -1.31. The third-order valence-electron chi connectivity index (χ3n) is 2.78. The van der Waals surface area contributed by atoms with Crippen molar-refractivity contribution in [1.29, 1.82) is 0 Å². The lowest BCUT2D eigenvalue weighted by molar-refractivity contribution is 0.815. The lowest BCUT2D eigenvalue weighted by Gasteiger charge is -2.18. The molecule has 0 spiro atoms. The highest BCUT2D eigenvalue weighted by molar-refractivity contribution is 6.93. The van der Waals surface area contributed by atoms with Crippen molar-refractivity contribution in [2.45, 2.75) is 39.3 Å². The number of rotatable bonds is 5. The molecule has 15 heavy (non-hydrogen) atoms. The molecule has 0 N–H and O–H groups in total. The van der Waals surface area contributed by atoms with Crippen molar-refractivity contribution in [2.24, 2.45) is 0 Å². The molecule has 0 amide bonds. The van der Waals surface area contributed by atoms with E-state index in [2.05, 4.69) is 62.1 Å². The van der Waals surface area contributed by atoms with Crippen LogP contribution in [-0.2, 0) is 0 Å². The normalized spacial score (nSPS) is 12.2. The first-order valence-corrected chi connectivity index (χ1v) is 8.98. The van der Waals surface area contributed by atoms with E-state index in [4.69, 9.17) is 0 Å². The molecule has 0 aliphatic rings. The number of benzene rings is 1. The zero-order valence-corrected chi connectivity index (χ0v) is 11.2. The third-order valence-corrected chi connectivity index (χ3v) is 5.67. The predicted octanol–water partition coefficient (Wildman–Crippen LogP) is 3.89. The fourth-order valence-corrected chi connectivity index (χ4v) is 3.66. The Bertz CT molecular complexity index is 298. The van der Waals surface area contributed by atoms with Gasteiger partial charge in [-0.15, -0.1) is 0 Å². The van der Waals surface area contributed by atoms with Crippen LogP contribution in [0, 0.1) is 0 Å². The molecule has 0 aromatic heterocycles. The van der Waals surface area contributed by atoms with E-state index in [-0.39, 0.29) is 0 Å². The van der Waals surface area contributed by atoms with Crippen LogP contribution in [0.2, 0.25) is 13.1 Å². The minimum Gasteiger partial charge on any atom is -0.0943 e. The predicted molar refractivity (Wildman–Crippen MR) is 72.2 cm³/mol. The van der Waals surface area contributed by atoms with E-state index in [0.29, 0.717) is 0 Å². The van der Waals surface area contributed by atoms with Gasteiger partial charge < -0.3 is 0 Å². The molecule has 1 aromatic rings. The molecule has 0 saturated heterocycles. The first-order valence-electron chi connectivity index (χ1n) is 5.90. The number of unbranched alkanes of at least 4 members (excludes halogenated alkanes) is 2. The van der Waals surface area contributed by atoms with Crippen LogP contribution in [0.15, 0.2) is 42.1 Å². The van der Waals surface area contributed by atoms with Crippen LogP contribution in [0.3, 0.4) is 0 Å². The van der Waals surface area contributed by atoms with E-state index in [0.717, 1.165) is 0 Å². The van der Waals surface area contributed by atoms with Gasteiger partial charge in [0.25, 0.3) is 0 Å². The van der Waals surface area contributed by atoms with Gasteiger partial charge in [0.1, 0.15) is 8.07 Å². The Labute approximate surface area is 95.0 Å². The molecular weight excluding hydrogens is 196 g/mol. The first kappa shape index (κ1) is 12.2. The summed E-state index contributed by atoms with van der Waals surface area (Å²) in [6, 6.07) is 10.9. The van der Waals surface area contributed by atoms with Crippen molar-refractivity contribution in [3.8, 4) is 0 Å². The molecule has 0 bridgehead atoms. The van der Waals surface area contributed by atoms with Crippen LogP contribution in [0.4, 0.5) is 0 Å². The molecule has 0 atom stereocenters. The summed E-state index contributed by atoms with van der Waals surface area (Å²) in [5.41, 5.74) is 2.47. The minimum absolute atomic E-state index is 1.24. The second kappa shape index (κ2) is 5.91. The molecule has 0 saturated carbocycles. The fraction of sp³-hybridized carbons (Fsp3) is 0.429. The maximum absolute atomic E-state index is 2.47. The van der Waals surface area contributed by atoms with Crippen molar-refractivity contribution in [1.82, 2.24) is 0 Å². The SMILES string of the molecule is CCCC/C=C\[Si](C)(C)c1ccccc1. The van der Waals surface area contributed by atoms with Crippen molar-refractivity contribution >= 4 is 13.3 Å². The van der Waals surface area contributed by atoms with Crippen LogP contribution in [-0.4, -0.2) is 8.07 Å². The summed E-state index contributed by atoms with van der Waals surface area (Å²) in [6.07, 6.45) is 6.22. The van der Waals surface area contributed by atoms with E-state index in [1.54, 1.807) is 0 Å². The Morgan fingerprint density at radius 3 is 2.40 bits per heavy atom. The van der Waals surface area contributed by atoms with Crippen molar-refractivity contribution in [3.05, 3.63) is 42.1 Å². The lowest BCUT2D eigenvalue weighted by Crippen LogP contribution is -2.39. The van der Waals surface area contributed by atoms with Gasteiger partial charge in [-0.25, -0.2) is 0 Å². The summed E-state index contributed by atoms with van der Waals surface area (Å²) in [5, 5.41) is 1.53. The average Bonchev–Trinajstić information content (AvgIpc) is 2.26. The second-order valence-electron chi connectivity index (χ2n) is 4.63. The molecule has 1 heteroatoms. The Balaban J connectivity index is 2.63. The van der Waals surface area contributed by atoms with E-state index < -0.39 is 8.07 Å². The van der Waals surface area contributed by atoms with Crippen LogP contribution in [0.5, 0.6) is 0 Å². The second-order valence-corrected chi connectivity index (χ2v) is 8.99. The van der Waals surface area contributed by atoms with Gasteiger partial charge in [0.15, 0.2) is 0 Å². The van der Waals surface area contributed by atoms with Crippen LogP contribution < -0.4 is 5.19 Å². The molecule has 0 heterocycles. The zero-order chi connectivity index (χ0) is 11.1. The monoisotopic (exact) mass is 218 g/mol. The van der Waals surface area contributed by atoms with Crippen LogP contribution in [0.25, 0.3) is 0 Å². The first-order chi connectivity index (χ1) is 7.17. The summed E-state index contributed by atoms with van der Waals surface area (Å²) in [4.78, 5) is 0. The summed E-state index contributed by atoms with van der Waals surface area (Å²) in [7, 11) is -1.31. The van der Waals surface area contributed by atoms with Gasteiger partial charge >= 0.3 is 0 Å². The van der Waals surface area contributed by atoms with Crippen molar-refractivity contribution in [3.63, 3.8) is 0 Å². The standard InChI is InChI=1S/C14H22Si/c1-4-5-6-10-13-15(2,3)14-11-8-7-9-12-14/h7-13H,4-6H2,1-3H3/b13-10-. The average molecular weight is 218 g/mol. The van der Waals surface area contributed by atoms with Gasteiger partial charge in [0.05, 0.1) is 0 Å². The fourth-order valence-electron chi connectivity index (χ4n) is 1.66. The molecule has 1 aromatic carbocycles. The topological polar surface area (TPSA) is 0 Å². The summed E-state index contributed by atoms with van der Waals surface area (Å²) >= 11 is 0. The number of allylic oxidation sites excluding steroid dienone is 1. The van der Waals surface area contributed by atoms with Crippen LogP contribution >= 0.6 is 0 Å². The Kier molecular flexibility index (Phi) is 4.83. The van der Waals surface area contributed by atoms with Gasteiger partial charge in [-0.1, -0.05) is 80.2 Å². The van der Waals surface area contributed by atoms with E-state index in [9.17, 15) is 0 Å². The largest absolute Gasteiger partial charge is 0.103 e. The van der Waals surface area contributed by atoms with Gasteiger partial charge in [0.2, 0.25) is 0 Å². The Morgan fingerprint density at radius 1 is 1.13 bits per heavy atom. The highest BCUT2D eigenvalue weighted by atomic mass is 28.3. The lowest BCUT2D eigenvalue weighted by atomic mass is 10.2. The molecule has 0 nitrogen and oxygen atoms in total. The third kappa shape index (κ3) is 4.04.